The number of rotatable bonds is 7. The van der Waals surface area contributed by atoms with Gasteiger partial charge >= 0.3 is 0 Å². The molecule has 3 rings (SSSR count). The van der Waals surface area contributed by atoms with E-state index >= 15 is 0 Å². The van der Waals surface area contributed by atoms with Gasteiger partial charge in [-0.2, -0.15) is 16.7 Å². The van der Waals surface area contributed by atoms with E-state index in [-0.39, 0.29) is 24.0 Å². The highest BCUT2D eigenvalue weighted by molar-refractivity contribution is 14.0. The predicted octanol–water partition coefficient (Wildman–Crippen LogP) is 3.13. The van der Waals surface area contributed by atoms with E-state index in [0.29, 0.717) is 36.4 Å². The third-order valence-electron chi connectivity index (χ3n) is 4.36. The predicted molar refractivity (Wildman–Crippen MR) is 121 cm³/mol. The van der Waals surface area contributed by atoms with Gasteiger partial charge in [-0.15, -0.1) is 24.0 Å². The summed E-state index contributed by atoms with van der Waals surface area (Å²) < 4.78 is 5.28. The molecule has 2 atom stereocenters. The Morgan fingerprint density at radius 2 is 2.26 bits per heavy atom. The number of hydrogen-bond acceptors (Lipinski definition) is 6. The van der Waals surface area contributed by atoms with Crippen molar-refractivity contribution in [2.45, 2.75) is 43.9 Å². The van der Waals surface area contributed by atoms with Gasteiger partial charge < -0.3 is 15.2 Å². The minimum atomic E-state index is 0. The average Bonchev–Trinajstić information content (AvgIpc) is 3.32. The molecule has 2 unspecified atom stereocenters. The first-order valence-corrected chi connectivity index (χ1v) is 10.4. The van der Waals surface area contributed by atoms with Crippen LogP contribution in [0.5, 0.6) is 0 Å². The summed E-state index contributed by atoms with van der Waals surface area (Å²) in [7, 11) is 0. The number of halogens is 1. The standard InChI is InChI=1S/C18H26N6OS.HI/c1-3-19-18(22-13-7-8-14(12-13)26-2)21-11-9-16-23-17(25-24-16)15-6-4-5-10-20-15;/h4-6,10,13-14H,3,7-9,11-12H2,1-2H3,(H2,19,21,22);1H. The van der Waals surface area contributed by atoms with Crippen LogP contribution in [0.3, 0.4) is 0 Å². The van der Waals surface area contributed by atoms with Crippen molar-refractivity contribution in [1.29, 1.82) is 0 Å². The number of thioether (sulfide) groups is 1. The van der Waals surface area contributed by atoms with Gasteiger partial charge in [0, 0.05) is 37.0 Å². The number of aromatic nitrogens is 3. The molecule has 0 saturated heterocycles. The molecule has 1 aliphatic carbocycles. The SMILES string of the molecule is CCNC(=NCCc1noc(-c2ccccn2)n1)NC1CCC(SC)C1.I. The molecule has 1 aliphatic rings. The number of guanidine groups is 1. The van der Waals surface area contributed by atoms with Crippen LogP contribution >= 0.6 is 35.7 Å². The first-order valence-electron chi connectivity index (χ1n) is 9.10. The lowest BCUT2D eigenvalue weighted by molar-refractivity contribution is 0.421. The Balaban J connectivity index is 0.00000261. The maximum atomic E-state index is 5.28. The van der Waals surface area contributed by atoms with Crippen LogP contribution in [0.15, 0.2) is 33.9 Å². The summed E-state index contributed by atoms with van der Waals surface area (Å²) in [6, 6.07) is 6.11. The van der Waals surface area contributed by atoms with E-state index < -0.39 is 0 Å². The van der Waals surface area contributed by atoms with E-state index in [1.165, 1.54) is 19.3 Å². The molecule has 1 fully saturated rings. The molecule has 2 aromatic rings. The van der Waals surface area contributed by atoms with E-state index in [1.54, 1.807) is 6.20 Å². The number of nitrogens with zero attached hydrogens (tertiary/aromatic N) is 4. The van der Waals surface area contributed by atoms with Crippen LogP contribution in [-0.4, -0.2) is 51.7 Å². The van der Waals surface area contributed by atoms with Gasteiger partial charge in [0.1, 0.15) is 5.69 Å². The van der Waals surface area contributed by atoms with Crippen LogP contribution in [0.4, 0.5) is 0 Å². The lowest BCUT2D eigenvalue weighted by Gasteiger charge is -2.17. The van der Waals surface area contributed by atoms with Gasteiger partial charge in [0.15, 0.2) is 11.8 Å². The fraction of sp³-hybridized carbons (Fsp3) is 0.556. The third kappa shape index (κ3) is 6.63. The van der Waals surface area contributed by atoms with Crippen molar-refractivity contribution in [2.75, 3.05) is 19.3 Å². The highest BCUT2D eigenvalue weighted by Gasteiger charge is 2.24. The number of aliphatic imine (C=N–C) groups is 1. The molecule has 0 radical (unpaired) electrons. The third-order valence-corrected chi connectivity index (χ3v) is 5.46. The molecular weight excluding hydrogens is 475 g/mol. The molecule has 148 valence electrons. The lowest BCUT2D eigenvalue weighted by atomic mass is 10.2. The molecule has 0 amide bonds. The zero-order valence-electron chi connectivity index (χ0n) is 15.7. The van der Waals surface area contributed by atoms with Crippen LogP contribution in [0.1, 0.15) is 32.0 Å². The molecular formula is C18H27IN6OS. The van der Waals surface area contributed by atoms with E-state index in [1.807, 2.05) is 30.0 Å². The minimum absolute atomic E-state index is 0. The van der Waals surface area contributed by atoms with Crippen LogP contribution in [0, 0.1) is 0 Å². The summed E-state index contributed by atoms with van der Waals surface area (Å²) in [5.74, 6) is 1.96. The summed E-state index contributed by atoms with van der Waals surface area (Å²) in [4.78, 5) is 13.3. The molecule has 0 spiro atoms. The number of nitrogens with one attached hydrogen (secondary N) is 2. The molecule has 2 N–H and O–H groups in total. The van der Waals surface area contributed by atoms with Crippen molar-refractivity contribution in [3.63, 3.8) is 0 Å². The van der Waals surface area contributed by atoms with Crippen molar-refractivity contribution in [1.82, 2.24) is 25.8 Å². The molecule has 1 saturated carbocycles. The van der Waals surface area contributed by atoms with Crippen LogP contribution in [-0.2, 0) is 6.42 Å². The van der Waals surface area contributed by atoms with Gasteiger partial charge in [0.05, 0.1) is 0 Å². The Morgan fingerprint density at radius 3 is 2.96 bits per heavy atom. The molecule has 9 heteroatoms. The highest BCUT2D eigenvalue weighted by atomic mass is 127. The van der Waals surface area contributed by atoms with Crippen LogP contribution in [0.2, 0.25) is 0 Å². The molecule has 7 nitrogen and oxygen atoms in total. The summed E-state index contributed by atoms with van der Waals surface area (Å²) in [6.07, 6.45) is 8.21. The van der Waals surface area contributed by atoms with Gasteiger partial charge in [-0.05, 0) is 44.6 Å². The van der Waals surface area contributed by atoms with E-state index in [0.717, 1.165) is 17.8 Å². The highest BCUT2D eigenvalue weighted by Crippen LogP contribution is 2.28. The van der Waals surface area contributed by atoms with Gasteiger partial charge in [-0.1, -0.05) is 11.2 Å². The van der Waals surface area contributed by atoms with Gasteiger partial charge in [-0.3, -0.25) is 9.98 Å². The lowest BCUT2D eigenvalue weighted by Crippen LogP contribution is -2.42. The van der Waals surface area contributed by atoms with Crippen molar-refractivity contribution < 1.29 is 4.52 Å². The summed E-state index contributed by atoms with van der Waals surface area (Å²) in [6.45, 7) is 3.53. The fourth-order valence-corrected chi connectivity index (χ4v) is 3.81. The van der Waals surface area contributed by atoms with Crippen molar-refractivity contribution in [3.8, 4) is 11.6 Å². The summed E-state index contributed by atoms with van der Waals surface area (Å²) >= 11 is 1.96. The monoisotopic (exact) mass is 502 g/mol. The second-order valence-corrected chi connectivity index (χ2v) is 7.39. The molecule has 0 bridgehead atoms. The Morgan fingerprint density at radius 1 is 1.37 bits per heavy atom. The molecule has 0 aromatic carbocycles. The largest absolute Gasteiger partial charge is 0.357 e. The van der Waals surface area contributed by atoms with E-state index in [2.05, 4.69) is 43.9 Å². The molecule has 2 aromatic heterocycles. The van der Waals surface area contributed by atoms with Gasteiger partial charge in [-0.25, -0.2) is 0 Å². The Kier molecular flexibility index (Phi) is 9.32. The van der Waals surface area contributed by atoms with Crippen LogP contribution < -0.4 is 10.6 Å². The number of hydrogen-bond donors (Lipinski definition) is 2. The first-order chi connectivity index (χ1) is 12.8. The molecule has 2 heterocycles. The maximum absolute atomic E-state index is 5.28. The van der Waals surface area contributed by atoms with E-state index in [9.17, 15) is 0 Å². The van der Waals surface area contributed by atoms with Gasteiger partial charge in [0.2, 0.25) is 0 Å². The Labute approximate surface area is 181 Å². The van der Waals surface area contributed by atoms with E-state index in [4.69, 9.17) is 4.52 Å². The maximum Gasteiger partial charge on any atom is 0.276 e. The fourth-order valence-electron chi connectivity index (χ4n) is 3.02. The zero-order chi connectivity index (χ0) is 18.2. The normalized spacial score (nSPS) is 19.6. The molecule has 27 heavy (non-hydrogen) atoms. The Hall–Kier alpha value is -1.36. The second-order valence-electron chi connectivity index (χ2n) is 6.25. The van der Waals surface area contributed by atoms with Crippen LogP contribution in [0.25, 0.3) is 11.6 Å². The van der Waals surface area contributed by atoms with Crippen molar-refractivity contribution in [3.05, 3.63) is 30.2 Å². The van der Waals surface area contributed by atoms with Crippen molar-refractivity contribution >= 4 is 41.7 Å². The summed E-state index contributed by atoms with van der Waals surface area (Å²) in [5, 5.41) is 11.7. The smallest absolute Gasteiger partial charge is 0.276 e. The Bertz CT molecular complexity index is 711. The summed E-state index contributed by atoms with van der Waals surface area (Å²) in [5.41, 5.74) is 0.689. The van der Waals surface area contributed by atoms with Gasteiger partial charge in [0.25, 0.3) is 5.89 Å². The number of pyridine rings is 1. The first kappa shape index (κ1) is 21.9. The minimum Gasteiger partial charge on any atom is -0.357 e. The van der Waals surface area contributed by atoms with Crippen molar-refractivity contribution in [2.24, 2.45) is 4.99 Å². The molecule has 0 aliphatic heterocycles. The zero-order valence-corrected chi connectivity index (χ0v) is 18.9. The second kappa shape index (κ2) is 11.5. The quantitative estimate of drug-likeness (QED) is 0.342. The topological polar surface area (TPSA) is 88.2 Å². The average molecular weight is 502 g/mol.